The topological polar surface area (TPSA) is 66.4 Å². The molecule has 1 amide bonds. The minimum absolute atomic E-state index is 0.0571. The van der Waals surface area contributed by atoms with Crippen molar-refractivity contribution in [1.29, 1.82) is 0 Å². The van der Waals surface area contributed by atoms with Gasteiger partial charge in [0, 0.05) is 13.0 Å². The monoisotopic (exact) mass is 315 g/mol. The summed E-state index contributed by atoms with van der Waals surface area (Å²) >= 11 is 0. The number of nitrogens with one attached hydrogen (secondary N) is 1. The van der Waals surface area contributed by atoms with Crippen LogP contribution in [0.15, 0.2) is 24.3 Å². The lowest BCUT2D eigenvalue weighted by atomic mass is 9.66. The number of benzene rings is 1. The molecule has 1 aromatic carbocycles. The second-order valence-electron chi connectivity index (χ2n) is 5.59. The smallest absolute Gasteiger partial charge is 0.416 e. The largest absolute Gasteiger partial charge is 0.481 e. The van der Waals surface area contributed by atoms with E-state index < -0.39 is 29.0 Å². The molecular weight excluding hydrogens is 299 g/mol. The zero-order valence-corrected chi connectivity index (χ0v) is 11.7. The van der Waals surface area contributed by atoms with Crippen molar-refractivity contribution >= 4 is 11.9 Å². The van der Waals surface area contributed by atoms with Gasteiger partial charge in [-0.05, 0) is 30.5 Å². The molecule has 0 radical (unpaired) electrons. The van der Waals surface area contributed by atoms with Crippen LogP contribution in [-0.4, -0.2) is 17.0 Å². The average molecular weight is 315 g/mol. The molecule has 0 heterocycles. The number of aliphatic carboxylic acids is 1. The third-order valence-corrected chi connectivity index (χ3v) is 4.01. The van der Waals surface area contributed by atoms with Gasteiger partial charge in [-0.3, -0.25) is 9.59 Å². The van der Waals surface area contributed by atoms with Crippen molar-refractivity contribution in [3.05, 3.63) is 35.4 Å². The lowest BCUT2D eigenvalue weighted by Crippen LogP contribution is -2.42. The minimum atomic E-state index is -4.43. The lowest BCUT2D eigenvalue weighted by molar-refractivity contribution is -0.157. The van der Waals surface area contributed by atoms with Crippen LogP contribution in [0, 0.1) is 5.41 Å². The van der Waals surface area contributed by atoms with Gasteiger partial charge >= 0.3 is 12.1 Å². The van der Waals surface area contributed by atoms with E-state index in [1.54, 1.807) is 0 Å². The van der Waals surface area contributed by atoms with Crippen LogP contribution in [0.5, 0.6) is 0 Å². The summed E-state index contributed by atoms with van der Waals surface area (Å²) in [7, 11) is 0. The summed E-state index contributed by atoms with van der Waals surface area (Å²) < 4.78 is 37.7. The molecule has 2 rings (SSSR count). The van der Waals surface area contributed by atoms with Gasteiger partial charge in [-0.15, -0.1) is 0 Å². The van der Waals surface area contributed by atoms with Gasteiger partial charge in [0.2, 0.25) is 5.91 Å². The Kier molecular flexibility index (Phi) is 4.44. The highest BCUT2D eigenvalue weighted by Gasteiger charge is 2.45. The lowest BCUT2D eigenvalue weighted by Gasteiger charge is -2.36. The summed E-state index contributed by atoms with van der Waals surface area (Å²) in [6.45, 7) is -0.0571. The fourth-order valence-electron chi connectivity index (χ4n) is 2.50. The highest BCUT2D eigenvalue weighted by Crippen LogP contribution is 2.44. The van der Waals surface area contributed by atoms with Crippen LogP contribution in [0.4, 0.5) is 13.2 Å². The van der Waals surface area contributed by atoms with E-state index in [4.69, 9.17) is 5.11 Å². The van der Waals surface area contributed by atoms with E-state index in [1.807, 2.05) is 0 Å². The van der Waals surface area contributed by atoms with Gasteiger partial charge in [0.15, 0.2) is 0 Å². The Labute approximate surface area is 125 Å². The fourth-order valence-corrected chi connectivity index (χ4v) is 2.50. The highest BCUT2D eigenvalue weighted by atomic mass is 19.4. The standard InChI is InChI=1S/C15H16F3NO3/c16-15(17,18)11-4-1-3-10(7-11)9-19-12(20)8-14(13(21)22)5-2-6-14/h1,3-4,7H,2,5-6,8-9H2,(H,19,20)(H,21,22). The highest BCUT2D eigenvalue weighted by molar-refractivity contribution is 5.85. The Morgan fingerprint density at radius 1 is 1.27 bits per heavy atom. The fraction of sp³-hybridized carbons (Fsp3) is 0.467. The molecule has 22 heavy (non-hydrogen) atoms. The Morgan fingerprint density at radius 2 is 1.95 bits per heavy atom. The molecule has 1 aromatic rings. The summed E-state index contributed by atoms with van der Waals surface area (Å²) in [5.74, 6) is -1.45. The molecule has 4 nitrogen and oxygen atoms in total. The first-order valence-electron chi connectivity index (χ1n) is 6.89. The number of alkyl halides is 3. The van der Waals surface area contributed by atoms with Gasteiger partial charge in [-0.25, -0.2) is 0 Å². The van der Waals surface area contributed by atoms with Crippen LogP contribution in [0.2, 0.25) is 0 Å². The van der Waals surface area contributed by atoms with E-state index >= 15 is 0 Å². The average Bonchev–Trinajstić information content (AvgIpc) is 2.39. The van der Waals surface area contributed by atoms with Crippen molar-refractivity contribution in [3.8, 4) is 0 Å². The van der Waals surface area contributed by atoms with Gasteiger partial charge < -0.3 is 10.4 Å². The van der Waals surface area contributed by atoms with Gasteiger partial charge in [0.25, 0.3) is 0 Å². The Hall–Kier alpha value is -2.05. The third kappa shape index (κ3) is 3.58. The second kappa shape index (κ2) is 5.98. The first kappa shape index (κ1) is 16.3. The van der Waals surface area contributed by atoms with Gasteiger partial charge in [0.1, 0.15) is 0 Å². The molecule has 1 fully saturated rings. The van der Waals surface area contributed by atoms with E-state index in [1.165, 1.54) is 12.1 Å². The maximum absolute atomic E-state index is 12.6. The summed E-state index contributed by atoms with van der Waals surface area (Å²) in [4.78, 5) is 23.0. The number of rotatable bonds is 5. The zero-order valence-electron chi connectivity index (χ0n) is 11.7. The van der Waals surface area contributed by atoms with Crippen LogP contribution >= 0.6 is 0 Å². The molecule has 0 aliphatic heterocycles. The van der Waals surface area contributed by atoms with Crippen molar-refractivity contribution < 1.29 is 27.9 Å². The molecule has 0 aromatic heterocycles. The molecule has 7 heteroatoms. The Balaban J connectivity index is 1.93. The van der Waals surface area contributed by atoms with Crippen molar-refractivity contribution in [1.82, 2.24) is 5.32 Å². The Morgan fingerprint density at radius 3 is 2.45 bits per heavy atom. The van der Waals surface area contributed by atoms with Crippen LogP contribution in [-0.2, 0) is 22.3 Å². The van der Waals surface area contributed by atoms with Crippen molar-refractivity contribution in [2.24, 2.45) is 5.41 Å². The predicted octanol–water partition coefficient (Wildman–Crippen LogP) is 2.97. The number of carboxylic acid groups (broad SMARTS) is 1. The summed E-state index contributed by atoms with van der Waals surface area (Å²) in [5.41, 5.74) is -1.46. The summed E-state index contributed by atoms with van der Waals surface area (Å²) in [5, 5.41) is 11.6. The van der Waals surface area contributed by atoms with Gasteiger partial charge in [-0.1, -0.05) is 18.6 Å². The maximum atomic E-state index is 12.6. The molecule has 1 aliphatic carbocycles. The van der Waals surface area contributed by atoms with E-state index in [-0.39, 0.29) is 13.0 Å². The number of hydrogen-bond donors (Lipinski definition) is 2. The number of carboxylic acids is 1. The van der Waals surface area contributed by atoms with E-state index in [9.17, 15) is 22.8 Å². The van der Waals surface area contributed by atoms with E-state index in [0.29, 0.717) is 18.4 Å². The number of hydrogen-bond acceptors (Lipinski definition) is 2. The molecule has 2 N–H and O–H groups in total. The summed E-state index contributed by atoms with van der Waals surface area (Å²) in [6.07, 6.45) is -2.88. The van der Waals surface area contributed by atoms with Crippen LogP contribution in [0.25, 0.3) is 0 Å². The van der Waals surface area contributed by atoms with Crippen molar-refractivity contribution in [2.75, 3.05) is 0 Å². The maximum Gasteiger partial charge on any atom is 0.416 e. The van der Waals surface area contributed by atoms with E-state index in [2.05, 4.69) is 5.32 Å². The van der Waals surface area contributed by atoms with Crippen LogP contribution in [0.1, 0.15) is 36.8 Å². The first-order valence-corrected chi connectivity index (χ1v) is 6.89. The molecule has 0 saturated heterocycles. The predicted molar refractivity (Wildman–Crippen MR) is 71.8 cm³/mol. The van der Waals surface area contributed by atoms with Crippen molar-refractivity contribution in [3.63, 3.8) is 0 Å². The molecule has 1 saturated carbocycles. The molecule has 1 aliphatic rings. The second-order valence-corrected chi connectivity index (χ2v) is 5.59. The molecule has 0 bridgehead atoms. The van der Waals surface area contributed by atoms with E-state index in [0.717, 1.165) is 18.6 Å². The SMILES string of the molecule is O=C(CC1(C(=O)O)CCC1)NCc1cccc(C(F)(F)F)c1. The molecule has 0 atom stereocenters. The third-order valence-electron chi connectivity index (χ3n) is 4.01. The molecular formula is C15H16F3NO3. The number of halogens is 3. The molecule has 0 spiro atoms. The summed E-state index contributed by atoms with van der Waals surface area (Å²) in [6, 6.07) is 4.68. The number of amides is 1. The number of carbonyl (C=O) groups excluding carboxylic acids is 1. The van der Waals surface area contributed by atoms with Crippen LogP contribution < -0.4 is 5.32 Å². The molecule has 0 unspecified atom stereocenters. The quantitative estimate of drug-likeness (QED) is 0.878. The Bertz CT molecular complexity index is 580. The first-order chi connectivity index (χ1) is 10.2. The minimum Gasteiger partial charge on any atom is -0.481 e. The zero-order chi connectivity index (χ0) is 16.4. The molecule has 120 valence electrons. The number of carbonyl (C=O) groups is 2. The van der Waals surface area contributed by atoms with Crippen molar-refractivity contribution in [2.45, 2.75) is 38.4 Å². The van der Waals surface area contributed by atoms with Crippen LogP contribution in [0.3, 0.4) is 0 Å². The van der Waals surface area contributed by atoms with Gasteiger partial charge in [0.05, 0.1) is 11.0 Å². The normalized spacial score (nSPS) is 16.7. The van der Waals surface area contributed by atoms with Gasteiger partial charge in [-0.2, -0.15) is 13.2 Å².